The summed E-state index contributed by atoms with van der Waals surface area (Å²) in [5, 5.41) is 3.73. The van der Waals surface area contributed by atoms with Gasteiger partial charge < -0.3 is 26.3 Å². The number of esters is 1. The summed E-state index contributed by atoms with van der Waals surface area (Å²) in [4.78, 5) is 23.5. The number of thiophene rings is 1. The van der Waals surface area contributed by atoms with Crippen LogP contribution in [0, 0.1) is 0 Å². The fraction of sp³-hybridized carbons (Fsp3) is 0.538. The molecule has 116 valence electrons. The third-order valence-electron chi connectivity index (χ3n) is 3.63. The van der Waals surface area contributed by atoms with Crippen molar-refractivity contribution < 1.29 is 19.1 Å². The Morgan fingerprint density at radius 3 is 2.62 bits per heavy atom. The highest BCUT2D eigenvalue weighted by Crippen LogP contribution is 2.38. The van der Waals surface area contributed by atoms with Gasteiger partial charge in [0.25, 0.3) is 5.91 Å². The summed E-state index contributed by atoms with van der Waals surface area (Å²) in [6, 6.07) is 0.0663. The number of methoxy groups -OCH3 is 2. The van der Waals surface area contributed by atoms with Crippen LogP contribution in [-0.4, -0.2) is 38.2 Å². The Hall–Kier alpha value is -1.80. The largest absolute Gasteiger partial charge is 0.465 e. The summed E-state index contributed by atoms with van der Waals surface area (Å²) in [6.07, 6.45) is 2.97. The van der Waals surface area contributed by atoms with Crippen molar-refractivity contribution in [2.45, 2.75) is 31.4 Å². The molecule has 1 aromatic rings. The zero-order chi connectivity index (χ0) is 15.6. The standard InChI is InChI=1S/C13H19N3O4S/c1-19-7-5-3-4-6(7)16-12-8(11(15)17)9(14)10(21-12)13(18)20-2/h6-7,16H,3-5,14H2,1-2H3,(H2,15,17). The Morgan fingerprint density at radius 2 is 2.05 bits per heavy atom. The summed E-state index contributed by atoms with van der Waals surface area (Å²) in [5.74, 6) is -1.25. The van der Waals surface area contributed by atoms with E-state index in [1.807, 2.05) is 0 Å². The molecular formula is C13H19N3O4S. The monoisotopic (exact) mass is 313 g/mol. The van der Waals surface area contributed by atoms with Gasteiger partial charge in [-0.1, -0.05) is 0 Å². The maximum Gasteiger partial charge on any atom is 0.350 e. The summed E-state index contributed by atoms with van der Waals surface area (Å²) in [5.41, 5.74) is 11.4. The minimum Gasteiger partial charge on any atom is -0.465 e. The first-order chi connectivity index (χ1) is 9.99. The Morgan fingerprint density at radius 1 is 1.33 bits per heavy atom. The lowest BCUT2D eigenvalue weighted by Gasteiger charge is -2.20. The van der Waals surface area contributed by atoms with Crippen LogP contribution >= 0.6 is 11.3 Å². The first-order valence-electron chi connectivity index (χ1n) is 6.59. The van der Waals surface area contributed by atoms with E-state index in [0.29, 0.717) is 5.00 Å². The normalized spacial score (nSPS) is 21.2. The highest BCUT2D eigenvalue weighted by Gasteiger charge is 2.31. The first-order valence-corrected chi connectivity index (χ1v) is 7.41. The van der Waals surface area contributed by atoms with Gasteiger partial charge in [0.2, 0.25) is 0 Å². The van der Waals surface area contributed by atoms with Gasteiger partial charge >= 0.3 is 5.97 Å². The second-order valence-electron chi connectivity index (χ2n) is 4.86. The molecule has 1 aliphatic carbocycles. The van der Waals surface area contributed by atoms with Crippen molar-refractivity contribution in [2.75, 3.05) is 25.3 Å². The van der Waals surface area contributed by atoms with Crippen LogP contribution in [0.25, 0.3) is 0 Å². The summed E-state index contributed by atoms with van der Waals surface area (Å²) < 4.78 is 10.1. The Labute approximate surface area is 126 Å². The number of primary amides is 1. The van der Waals surface area contributed by atoms with Gasteiger partial charge in [-0.15, -0.1) is 11.3 Å². The van der Waals surface area contributed by atoms with E-state index >= 15 is 0 Å². The molecule has 0 radical (unpaired) electrons. The Bertz CT molecular complexity index is 558. The zero-order valence-corrected chi connectivity index (χ0v) is 12.8. The van der Waals surface area contributed by atoms with Crippen LogP contribution in [0.15, 0.2) is 0 Å². The lowest BCUT2D eigenvalue weighted by molar-refractivity contribution is 0.0607. The molecule has 1 heterocycles. The van der Waals surface area contributed by atoms with Gasteiger partial charge in [-0.3, -0.25) is 4.79 Å². The number of amides is 1. The molecule has 0 saturated heterocycles. The molecule has 1 aliphatic rings. The van der Waals surface area contributed by atoms with Crippen molar-refractivity contribution in [1.82, 2.24) is 0 Å². The number of nitrogen functional groups attached to an aromatic ring is 1. The minimum absolute atomic E-state index is 0.0637. The number of carbonyl (C=O) groups is 2. The average molecular weight is 313 g/mol. The van der Waals surface area contributed by atoms with Crippen molar-refractivity contribution in [1.29, 1.82) is 0 Å². The summed E-state index contributed by atoms with van der Waals surface area (Å²) in [7, 11) is 2.92. The van der Waals surface area contributed by atoms with Gasteiger partial charge in [0.1, 0.15) is 9.88 Å². The smallest absolute Gasteiger partial charge is 0.350 e. The lowest BCUT2D eigenvalue weighted by Crippen LogP contribution is -2.30. The first kappa shape index (κ1) is 15.6. The van der Waals surface area contributed by atoms with E-state index in [4.69, 9.17) is 16.2 Å². The number of ether oxygens (including phenoxy) is 2. The maximum atomic E-state index is 11.7. The van der Waals surface area contributed by atoms with E-state index < -0.39 is 11.9 Å². The summed E-state index contributed by atoms with van der Waals surface area (Å²) >= 11 is 1.08. The fourth-order valence-electron chi connectivity index (χ4n) is 2.58. The zero-order valence-electron chi connectivity index (χ0n) is 12.0. The minimum atomic E-state index is -0.673. The Kier molecular flexibility index (Phi) is 4.69. The van der Waals surface area contributed by atoms with Crippen LogP contribution in [0.1, 0.15) is 39.3 Å². The highest BCUT2D eigenvalue weighted by molar-refractivity contribution is 7.19. The molecule has 5 N–H and O–H groups in total. The van der Waals surface area contributed by atoms with E-state index in [1.165, 1.54) is 7.11 Å². The number of nitrogens with one attached hydrogen (secondary N) is 1. The van der Waals surface area contributed by atoms with Crippen molar-refractivity contribution in [3.63, 3.8) is 0 Å². The van der Waals surface area contributed by atoms with Gasteiger partial charge in [0, 0.05) is 7.11 Å². The van der Waals surface area contributed by atoms with Gasteiger partial charge in [-0.05, 0) is 19.3 Å². The molecule has 0 spiro atoms. The van der Waals surface area contributed by atoms with Crippen LogP contribution in [0.4, 0.5) is 10.7 Å². The van der Waals surface area contributed by atoms with Crippen molar-refractivity contribution in [2.24, 2.45) is 5.73 Å². The quantitative estimate of drug-likeness (QED) is 0.703. The number of nitrogens with two attached hydrogens (primary N) is 2. The van der Waals surface area contributed by atoms with Gasteiger partial charge in [-0.25, -0.2) is 4.79 Å². The SMILES string of the molecule is COC(=O)c1sc(NC2CCCC2OC)c(C(N)=O)c1N. The molecule has 7 nitrogen and oxygen atoms in total. The molecule has 2 unspecified atom stereocenters. The van der Waals surface area contributed by atoms with E-state index in [1.54, 1.807) is 7.11 Å². The Balaban J connectivity index is 2.34. The van der Waals surface area contributed by atoms with Crippen LogP contribution in [0.3, 0.4) is 0 Å². The summed E-state index contributed by atoms with van der Waals surface area (Å²) in [6.45, 7) is 0. The third-order valence-corrected chi connectivity index (χ3v) is 4.75. The molecule has 1 amide bonds. The fourth-order valence-corrected chi connectivity index (χ4v) is 3.68. The number of hydrogen-bond donors (Lipinski definition) is 3. The molecule has 2 atom stereocenters. The molecular weight excluding hydrogens is 294 g/mol. The molecule has 0 aromatic carbocycles. The number of carbonyl (C=O) groups excluding carboxylic acids is 2. The molecule has 0 aliphatic heterocycles. The number of rotatable bonds is 5. The number of hydrogen-bond acceptors (Lipinski definition) is 7. The molecule has 0 bridgehead atoms. The van der Waals surface area contributed by atoms with E-state index in [2.05, 4.69) is 10.1 Å². The van der Waals surface area contributed by atoms with Crippen LogP contribution < -0.4 is 16.8 Å². The molecule has 2 rings (SSSR count). The molecule has 8 heteroatoms. The van der Waals surface area contributed by atoms with Crippen molar-refractivity contribution >= 4 is 33.9 Å². The molecule has 1 saturated carbocycles. The molecule has 21 heavy (non-hydrogen) atoms. The van der Waals surface area contributed by atoms with Gasteiger partial charge in [0.15, 0.2) is 0 Å². The second-order valence-corrected chi connectivity index (χ2v) is 5.88. The van der Waals surface area contributed by atoms with E-state index in [9.17, 15) is 9.59 Å². The van der Waals surface area contributed by atoms with Gasteiger partial charge in [-0.2, -0.15) is 0 Å². The van der Waals surface area contributed by atoms with Crippen molar-refractivity contribution in [3.05, 3.63) is 10.4 Å². The predicted molar refractivity (Wildman–Crippen MR) is 80.6 cm³/mol. The maximum absolute atomic E-state index is 11.7. The van der Waals surface area contributed by atoms with Crippen LogP contribution in [0.2, 0.25) is 0 Å². The average Bonchev–Trinajstić information content (AvgIpc) is 3.02. The van der Waals surface area contributed by atoms with E-state index in [-0.39, 0.29) is 28.3 Å². The molecule has 1 aromatic heterocycles. The lowest BCUT2D eigenvalue weighted by atomic mass is 10.2. The molecule has 1 fully saturated rings. The predicted octanol–water partition coefficient (Wildman–Crippen LogP) is 1.20. The van der Waals surface area contributed by atoms with E-state index in [0.717, 1.165) is 30.6 Å². The second kappa shape index (κ2) is 6.31. The number of anilines is 2. The topological polar surface area (TPSA) is 117 Å². The van der Waals surface area contributed by atoms with Crippen LogP contribution in [0.5, 0.6) is 0 Å². The van der Waals surface area contributed by atoms with Crippen molar-refractivity contribution in [3.8, 4) is 0 Å². The van der Waals surface area contributed by atoms with Crippen LogP contribution in [-0.2, 0) is 9.47 Å². The van der Waals surface area contributed by atoms with Gasteiger partial charge in [0.05, 0.1) is 30.5 Å². The highest BCUT2D eigenvalue weighted by atomic mass is 32.1. The third kappa shape index (κ3) is 2.96.